The molecule has 0 aromatic heterocycles. The van der Waals surface area contributed by atoms with Crippen LogP contribution >= 0.6 is 22.6 Å². The zero-order valence-electron chi connectivity index (χ0n) is 5.36. The molecule has 0 aromatic carbocycles. The average Bonchev–Trinajstić information content (AvgIpc) is 1.80. The number of carbonyl (C=O) groups excluding carboxylic acids is 1. The molecule has 1 rings (SSSR count). The predicted molar refractivity (Wildman–Crippen MR) is 45.5 cm³/mol. The summed E-state index contributed by atoms with van der Waals surface area (Å²) in [5, 5.41) is 0. The molecule has 0 radical (unpaired) electrons. The second-order valence-electron chi connectivity index (χ2n) is 2.43. The molecular formula is C7H9IO. The van der Waals surface area contributed by atoms with Gasteiger partial charge in [-0.15, -0.1) is 0 Å². The van der Waals surface area contributed by atoms with E-state index in [1.165, 1.54) is 3.58 Å². The van der Waals surface area contributed by atoms with E-state index in [0.29, 0.717) is 5.78 Å². The summed E-state index contributed by atoms with van der Waals surface area (Å²) < 4.78 is 1.20. The summed E-state index contributed by atoms with van der Waals surface area (Å²) in [7, 11) is 0. The van der Waals surface area contributed by atoms with Gasteiger partial charge >= 0.3 is 0 Å². The molecule has 0 saturated heterocycles. The van der Waals surface area contributed by atoms with E-state index in [4.69, 9.17) is 0 Å². The molecule has 1 atom stereocenters. The first-order valence-electron chi connectivity index (χ1n) is 3.10. The highest BCUT2D eigenvalue weighted by atomic mass is 127. The number of rotatable bonds is 0. The van der Waals surface area contributed by atoms with Crippen LogP contribution in [0.15, 0.2) is 9.66 Å². The first-order chi connectivity index (χ1) is 4.20. The third-order valence-corrected chi connectivity index (χ3v) is 2.45. The molecule has 0 heterocycles. The Morgan fingerprint density at radius 2 is 2.44 bits per heavy atom. The number of hydrogen-bond acceptors (Lipinski definition) is 1. The van der Waals surface area contributed by atoms with Crippen LogP contribution in [-0.4, -0.2) is 5.78 Å². The highest BCUT2D eigenvalue weighted by Crippen LogP contribution is 2.24. The highest BCUT2D eigenvalue weighted by Gasteiger charge is 2.15. The molecule has 0 spiro atoms. The standard InChI is InChI=1S/C7H9IO/c1-5-2-3-6(8)4-7(5)9/h4-5H,2-3H2,1H3/t5-/m0/s1. The normalized spacial score (nSPS) is 28.0. The Hall–Kier alpha value is 0.140. The van der Waals surface area contributed by atoms with Gasteiger partial charge in [-0.1, -0.05) is 6.92 Å². The van der Waals surface area contributed by atoms with E-state index < -0.39 is 0 Å². The molecule has 0 amide bonds. The summed E-state index contributed by atoms with van der Waals surface area (Å²) in [6.07, 6.45) is 3.88. The van der Waals surface area contributed by atoms with Gasteiger partial charge < -0.3 is 0 Å². The molecule has 9 heavy (non-hydrogen) atoms. The van der Waals surface area contributed by atoms with E-state index >= 15 is 0 Å². The van der Waals surface area contributed by atoms with Gasteiger partial charge in [0.25, 0.3) is 0 Å². The SMILES string of the molecule is C[C@H]1CCC(I)=CC1=O. The number of hydrogen-bond donors (Lipinski definition) is 0. The highest BCUT2D eigenvalue weighted by molar-refractivity contribution is 14.1. The van der Waals surface area contributed by atoms with Gasteiger partial charge in [0.1, 0.15) is 0 Å². The minimum absolute atomic E-state index is 0.267. The lowest BCUT2D eigenvalue weighted by Crippen LogP contribution is -2.11. The molecule has 0 unspecified atom stereocenters. The Morgan fingerprint density at radius 1 is 1.78 bits per heavy atom. The van der Waals surface area contributed by atoms with Crippen LogP contribution < -0.4 is 0 Å². The molecule has 2 heteroatoms. The lowest BCUT2D eigenvalue weighted by molar-refractivity contribution is -0.118. The number of allylic oxidation sites excluding steroid dienone is 2. The van der Waals surface area contributed by atoms with Gasteiger partial charge in [-0.25, -0.2) is 0 Å². The molecule has 0 fully saturated rings. The van der Waals surface area contributed by atoms with Gasteiger partial charge in [0.15, 0.2) is 5.78 Å². The zero-order chi connectivity index (χ0) is 6.85. The Labute approximate surface area is 68.7 Å². The minimum Gasteiger partial charge on any atom is -0.295 e. The van der Waals surface area contributed by atoms with E-state index in [1.807, 2.05) is 6.92 Å². The second-order valence-corrected chi connectivity index (χ2v) is 3.82. The van der Waals surface area contributed by atoms with E-state index in [1.54, 1.807) is 6.08 Å². The molecule has 0 aliphatic heterocycles. The van der Waals surface area contributed by atoms with Crippen LogP contribution in [0.1, 0.15) is 19.8 Å². The first-order valence-corrected chi connectivity index (χ1v) is 4.18. The Kier molecular flexibility index (Phi) is 2.27. The van der Waals surface area contributed by atoms with Crippen molar-refractivity contribution in [2.24, 2.45) is 5.92 Å². The molecule has 0 N–H and O–H groups in total. The second kappa shape index (κ2) is 2.82. The van der Waals surface area contributed by atoms with Gasteiger partial charge in [-0.05, 0) is 45.1 Å². The van der Waals surface area contributed by atoms with Crippen molar-refractivity contribution in [1.82, 2.24) is 0 Å². The van der Waals surface area contributed by atoms with Gasteiger partial charge in [0.2, 0.25) is 0 Å². The van der Waals surface area contributed by atoms with Crippen molar-refractivity contribution in [3.8, 4) is 0 Å². The fraction of sp³-hybridized carbons (Fsp3) is 0.571. The number of ketones is 1. The lowest BCUT2D eigenvalue weighted by atomic mass is 9.95. The molecule has 1 nitrogen and oxygen atoms in total. The molecule has 1 aliphatic rings. The summed E-state index contributed by atoms with van der Waals surface area (Å²) in [5.74, 6) is 0.564. The van der Waals surface area contributed by atoms with Gasteiger partial charge in [0.05, 0.1) is 0 Å². The fourth-order valence-corrected chi connectivity index (χ4v) is 1.48. The Morgan fingerprint density at radius 3 is 2.89 bits per heavy atom. The molecule has 0 aromatic rings. The summed E-state index contributed by atoms with van der Waals surface area (Å²) in [4.78, 5) is 10.9. The van der Waals surface area contributed by atoms with Crippen molar-refractivity contribution in [2.75, 3.05) is 0 Å². The molecule has 0 bridgehead atoms. The molecular weight excluding hydrogens is 227 g/mol. The van der Waals surface area contributed by atoms with Crippen molar-refractivity contribution in [3.05, 3.63) is 9.66 Å². The van der Waals surface area contributed by atoms with Crippen LogP contribution in [0.5, 0.6) is 0 Å². The maximum Gasteiger partial charge on any atom is 0.159 e. The van der Waals surface area contributed by atoms with Crippen LogP contribution in [0.25, 0.3) is 0 Å². The van der Waals surface area contributed by atoms with Crippen molar-refractivity contribution >= 4 is 28.4 Å². The van der Waals surface area contributed by atoms with Crippen molar-refractivity contribution in [1.29, 1.82) is 0 Å². The zero-order valence-corrected chi connectivity index (χ0v) is 7.51. The van der Waals surface area contributed by atoms with Crippen LogP contribution in [0.3, 0.4) is 0 Å². The quantitative estimate of drug-likeness (QED) is 0.590. The monoisotopic (exact) mass is 236 g/mol. The Balaban J connectivity index is 2.70. The molecule has 1 aliphatic carbocycles. The van der Waals surface area contributed by atoms with Gasteiger partial charge in [0, 0.05) is 5.92 Å². The van der Waals surface area contributed by atoms with E-state index in [-0.39, 0.29) is 5.92 Å². The topological polar surface area (TPSA) is 17.1 Å². The Bertz CT molecular complexity index is 160. The van der Waals surface area contributed by atoms with E-state index in [0.717, 1.165) is 12.8 Å². The first kappa shape index (κ1) is 7.25. The predicted octanol–water partition coefficient (Wildman–Crippen LogP) is 2.30. The summed E-state index contributed by atoms with van der Waals surface area (Å²) >= 11 is 2.22. The minimum atomic E-state index is 0.267. The number of halogens is 1. The van der Waals surface area contributed by atoms with Crippen molar-refractivity contribution < 1.29 is 4.79 Å². The average molecular weight is 236 g/mol. The smallest absolute Gasteiger partial charge is 0.159 e. The van der Waals surface area contributed by atoms with Crippen LogP contribution in [0.2, 0.25) is 0 Å². The maximum absolute atomic E-state index is 10.9. The van der Waals surface area contributed by atoms with Crippen molar-refractivity contribution in [3.63, 3.8) is 0 Å². The maximum atomic E-state index is 10.9. The summed E-state index contributed by atoms with van der Waals surface area (Å²) in [5.41, 5.74) is 0. The lowest BCUT2D eigenvalue weighted by Gasteiger charge is -2.12. The number of carbonyl (C=O) groups is 1. The van der Waals surface area contributed by atoms with E-state index in [9.17, 15) is 4.79 Å². The van der Waals surface area contributed by atoms with Crippen molar-refractivity contribution in [2.45, 2.75) is 19.8 Å². The van der Waals surface area contributed by atoms with Gasteiger partial charge in [-0.2, -0.15) is 0 Å². The third-order valence-electron chi connectivity index (χ3n) is 1.60. The molecule has 0 saturated carbocycles. The van der Waals surface area contributed by atoms with Crippen LogP contribution in [0.4, 0.5) is 0 Å². The largest absolute Gasteiger partial charge is 0.295 e. The fourth-order valence-electron chi connectivity index (χ4n) is 0.865. The van der Waals surface area contributed by atoms with Crippen LogP contribution in [-0.2, 0) is 4.79 Å². The summed E-state index contributed by atoms with van der Waals surface area (Å²) in [6.45, 7) is 1.99. The van der Waals surface area contributed by atoms with Crippen LogP contribution in [0, 0.1) is 5.92 Å². The summed E-state index contributed by atoms with van der Waals surface area (Å²) in [6, 6.07) is 0. The molecule has 50 valence electrons. The third kappa shape index (κ3) is 1.78. The van der Waals surface area contributed by atoms with E-state index in [2.05, 4.69) is 22.6 Å². The van der Waals surface area contributed by atoms with Gasteiger partial charge in [-0.3, -0.25) is 4.79 Å².